The molecule has 0 aromatic rings. The highest BCUT2D eigenvalue weighted by Gasteiger charge is 2.33. The molecule has 6 heteroatoms. The lowest BCUT2D eigenvalue weighted by Crippen LogP contribution is -2.50. The SMILES string of the molecule is CCCCC(=O)N(CC(C)C(=O)O)C(C(=O)O)C(C)C. The summed E-state index contributed by atoms with van der Waals surface area (Å²) in [7, 11) is 0. The van der Waals surface area contributed by atoms with Crippen LogP contribution < -0.4 is 0 Å². The summed E-state index contributed by atoms with van der Waals surface area (Å²) >= 11 is 0. The quantitative estimate of drug-likeness (QED) is 0.674. The van der Waals surface area contributed by atoms with Crippen LogP contribution in [0.4, 0.5) is 0 Å². The second-order valence-corrected chi connectivity index (χ2v) is 5.42. The Balaban J connectivity index is 5.16. The molecule has 1 amide bonds. The highest BCUT2D eigenvalue weighted by Crippen LogP contribution is 2.16. The lowest BCUT2D eigenvalue weighted by Gasteiger charge is -2.32. The predicted molar refractivity (Wildman–Crippen MR) is 74.3 cm³/mol. The van der Waals surface area contributed by atoms with E-state index in [1.54, 1.807) is 13.8 Å². The van der Waals surface area contributed by atoms with E-state index in [4.69, 9.17) is 5.11 Å². The summed E-state index contributed by atoms with van der Waals surface area (Å²) in [6, 6.07) is -0.985. The van der Waals surface area contributed by atoms with E-state index in [2.05, 4.69) is 0 Å². The molecule has 0 aliphatic rings. The Morgan fingerprint density at radius 2 is 1.60 bits per heavy atom. The number of carbonyl (C=O) groups is 3. The van der Waals surface area contributed by atoms with E-state index in [0.717, 1.165) is 6.42 Å². The standard InChI is InChI=1S/C14H25NO5/c1-5-6-7-11(16)15(8-10(4)13(17)18)12(9(2)3)14(19)20/h9-10,12H,5-8H2,1-4H3,(H,17,18)(H,19,20). The van der Waals surface area contributed by atoms with E-state index in [0.29, 0.717) is 6.42 Å². The van der Waals surface area contributed by atoms with Gasteiger partial charge in [-0.25, -0.2) is 4.79 Å². The van der Waals surface area contributed by atoms with Gasteiger partial charge >= 0.3 is 11.9 Å². The summed E-state index contributed by atoms with van der Waals surface area (Å²) in [6.45, 7) is 6.76. The molecule has 0 bridgehead atoms. The van der Waals surface area contributed by atoms with Crippen molar-refractivity contribution in [3.63, 3.8) is 0 Å². The van der Waals surface area contributed by atoms with Crippen molar-refractivity contribution in [1.29, 1.82) is 0 Å². The van der Waals surface area contributed by atoms with E-state index in [1.807, 2.05) is 6.92 Å². The van der Waals surface area contributed by atoms with Crippen molar-refractivity contribution >= 4 is 17.8 Å². The first-order chi connectivity index (χ1) is 9.22. The zero-order chi connectivity index (χ0) is 15.9. The van der Waals surface area contributed by atoms with Gasteiger partial charge in [-0.2, -0.15) is 0 Å². The van der Waals surface area contributed by atoms with Crippen LogP contribution in [0.2, 0.25) is 0 Å². The molecule has 0 spiro atoms. The second kappa shape index (κ2) is 8.55. The zero-order valence-corrected chi connectivity index (χ0v) is 12.6. The maximum atomic E-state index is 12.2. The Morgan fingerprint density at radius 1 is 1.05 bits per heavy atom. The van der Waals surface area contributed by atoms with Gasteiger partial charge in [-0.3, -0.25) is 9.59 Å². The van der Waals surface area contributed by atoms with Crippen molar-refractivity contribution in [2.45, 2.75) is 53.0 Å². The second-order valence-electron chi connectivity index (χ2n) is 5.42. The average Bonchev–Trinajstić information content (AvgIpc) is 2.33. The van der Waals surface area contributed by atoms with Gasteiger partial charge in [-0.1, -0.05) is 34.1 Å². The Hall–Kier alpha value is -1.59. The third-order valence-corrected chi connectivity index (χ3v) is 3.18. The van der Waals surface area contributed by atoms with Gasteiger partial charge in [0.15, 0.2) is 0 Å². The predicted octanol–water partition coefficient (Wildman–Crippen LogP) is 1.84. The third-order valence-electron chi connectivity index (χ3n) is 3.18. The molecule has 2 N–H and O–H groups in total. The summed E-state index contributed by atoms with van der Waals surface area (Å²) in [5, 5.41) is 18.3. The van der Waals surface area contributed by atoms with Crippen molar-refractivity contribution in [3.05, 3.63) is 0 Å². The molecule has 6 nitrogen and oxygen atoms in total. The van der Waals surface area contributed by atoms with E-state index >= 15 is 0 Å². The number of carbonyl (C=O) groups excluding carboxylic acids is 1. The number of hydrogen-bond acceptors (Lipinski definition) is 3. The van der Waals surface area contributed by atoms with Crippen molar-refractivity contribution in [2.75, 3.05) is 6.54 Å². The maximum Gasteiger partial charge on any atom is 0.326 e. The summed E-state index contributed by atoms with van der Waals surface area (Å²) in [5.41, 5.74) is 0. The molecule has 20 heavy (non-hydrogen) atoms. The third kappa shape index (κ3) is 5.59. The van der Waals surface area contributed by atoms with Gasteiger partial charge in [-0.05, 0) is 12.3 Å². The lowest BCUT2D eigenvalue weighted by atomic mass is 10.00. The number of unbranched alkanes of at least 4 members (excludes halogenated alkanes) is 1. The van der Waals surface area contributed by atoms with Gasteiger partial charge in [0.1, 0.15) is 6.04 Å². The van der Waals surface area contributed by atoms with Crippen molar-refractivity contribution < 1.29 is 24.6 Å². The first kappa shape index (κ1) is 18.4. The monoisotopic (exact) mass is 287 g/mol. The largest absolute Gasteiger partial charge is 0.481 e. The molecule has 0 rings (SSSR count). The van der Waals surface area contributed by atoms with Gasteiger partial charge in [0, 0.05) is 13.0 Å². The fourth-order valence-corrected chi connectivity index (χ4v) is 1.99. The minimum absolute atomic E-state index is 0.0764. The van der Waals surface area contributed by atoms with Crippen LogP contribution >= 0.6 is 0 Å². The van der Waals surface area contributed by atoms with Gasteiger partial charge in [0.25, 0.3) is 0 Å². The molecule has 0 fully saturated rings. The van der Waals surface area contributed by atoms with Crippen LogP contribution in [-0.2, 0) is 14.4 Å². The Labute approximate surface area is 119 Å². The number of aliphatic carboxylic acids is 2. The minimum Gasteiger partial charge on any atom is -0.481 e. The van der Waals surface area contributed by atoms with Crippen LogP contribution in [0, 0.1) is 11.8 Å². The summed E-state index contributed by atoms with van der Waals surface area (Å²) in [6.07, 6.45) is 1.74. The molecule has 0 saturated carbocycles. The number of nitrogens with zero attached hydrogens (tertiary/aromatic N) is 1. The van der Waals surface area contributed by atoms with E-state index < -0.39 is 23.9 Å². The number of carboxylic acids is 2. The molecule has 0 aromatic carbocycles. The number of carboxylic acid groups (broad SMARTS) is 2. The molecule has 0 aromatic heterocycles. The Kier molecular flexibility index (Phi) is 7.87. The molecule has 116 valence electrons. The van der Waals surface area contributed by atoms with Gasteiger partial charge < -0.3 is 15.1 Å². The van der Waals surface area contributed by atoms with Crippen molar-refractivity contribution in [1.82, 2.24) is 4.90 Å². The van der Waals surface area contributed by atoms with Crippen molar-refractivity contribution in [2.24, 2.45) is 11.8 Å². The topological polar surface area (TPSA) is 94.9 Å². The summed E-state index contributed by atoms with van der Waals surface area (Å²) < 4.78 is 0. The van der Waals surface area contributed by atoms with Gasteiger partial charge in [0.2, 0.25) is 5.91 Å². The first-order valence-corrected chi connectivity index (χ1v) is 6.97. The molecule has 0 aliphatic heterocycles. The van der Waals surface area contributed by atoms with Crippen LogP contribution in [0.1, 0.15) is 47.0 Å². The van der Waals surface area contributed by atoms with Crippen LogP contribution in [0.3, 0.4) is 0 Å². The number of hydrogen-bond donors (Lipinski definition) is 2. The number of rotatable bonds is 9. The molecule has 0 radical (unpaired) electrons. The van der Waals surface area contributed by atoms with E-state index in [-0.39, 0.29) is 24.8 Å². The van der Waals surface area contributed by atoms with Crippen LogP contribution in [0.25, 0.3) is 0 Å². The number of amides is 1. The molecule has 0 heterocycles. The minimum atomic E-state index is -1.09. The Morgan fingerprint density at radius 3 is 1.95 bits per heavy atom. The molecule has 2 atom stereocenters. The molecular weight excluding hydrogens is 262 g/mol. The molecule has 2 unspecified atom stereocenters. The van der Waals surface area contributed by atoms with Gasteiger partial charge in [0.05, 0.1) is 5.92 Å². The van der Waals surface area contributed by atoms with Gasteiger partial charge in [-0.15, -0.1) is 0 Å². The fraction of sp³-hybridized carbons (Fsp3) is 0.786. The zero-order valence-electron chi connectivity index (χ0n) is 12.6. The van der Waals surface area contributed by atoms with Crippen molar-refractivity contribution in [3.8, 4) is 0 Å². The maximum absolute atomic E-state index is 12.2. The fourth-order valence-electron chi connectivity index (χ4n) is 1.99. The van der Waals surface area contributed by atoms with Crippen LogP contribution in [0.5, 0.6) is 0 Å². The van der Waals surface area contributed by atoms with E-state index in [9.17, 15) is 19.5 Å². The van der Waals surface area contributed by atoms with E-state index in [1.165, 1.54) is 11.8 Å². The molecule has 0 saturated heterocycles. The average molecular weight is 287 g/mol. The molecular formula is C14H25NO5. The van der Waals surface area contributed by atoms with Crippen LogP contribution in [-0.4, -0.2) is 45.5 Å². The van der Waals surface area contributed by atoms with Crippen LogP contribution in [0.15, 0.2) is 0 Å². The summed E-state index contributed by atoms with van der Waals surface area (Å²) in [5.74, 6) is -3.49. The highest BCUT2D eigenvalue weighted by molar-refractivity contribution is 5.84. The molecule has 0 aliphatic carbocycles. The lowest BCUT2D eigenvalue weighted by molar-refractivity contribution is -0.155. The summed E-state index contributed by atoms with van der Waals surface area (Å²) in [4.78, 5) is 35.7. The Bertz CT molecular complexity index is 353. The normalized spacial score (nSPS) is 13.8. The first-order valence-electron chi connectivity index (χ1n) is 6.97. The highest BCUT2D eigenvalue weighted by atomic mass is 16.4. The smallest absolute Gasteiger partial charge is 0.326 e.